The Bertz CT molecular complexity index is 1430. The second-order valence-corrected chi connectivity index (χ2v) is 11.4. The molecule has 0 bridgehead atoms. The summed E-state index contributed by atoms with van der Waals surface area (Å²) >= 11 is 0. The number of ether oxygens (including phenoxy) is 2. The number of likely N-dealkylation sites (tertiary alicyclic amines) is 1. The van der Waals surface area contributed by atoms with E-state index in [1.807, 2.05) is 57.2 Å². The molecule has 1 fully saturated rings. The van der Waals surface area contributed by atoms with Crippen molar-refractivity contribution < 1.29 is 19.1 Å². The molecule has 2 amide bonds. The highest BCUT2D eigenvalue weighted by molar-refractivity contribution is 6.15. The van der Waals surface area contributed by atoms with Crippen LogP contribution >= 0.6 is 0 Å². The number of nitrogen functional groups attached to an aromatic ring is 1. The molecule has 208 valence electrons. The third-order valence-corrected chi connectivity index (χ3v) is 7.37. The number of hydrogen-bond acceptors (Lipinski definition) is 6. The first-order valence-electron chi connectivity index (χ1n) is 13.7. The molecule has 40 heavy (non-hydrogen) atoms. The van der Waals surface area contributed by atoms with Crippen LogP contribution in [-0.4, -0.2) is 54.0 Å². The smallest absolute Gasteiger partial charge is 0.410 e. The number of anilines is 1. The molecule has 2 aliphatic heterocycles. The zero-order valence-electron chi connectivity index (χ0n) is 23.2. The third kappa shape index (κ3) is 5.96. The summed E-state index contributed by atoms with van der Waals surface area (Å²) in [5.74, 6) is 0.593. The number of piperidine rings is 1. The standard InChI is InChI=1S/C32H36N4O4/c1-32(2,3)40-31(38)36-15-13-24(20-7-5-4-6-8-20)27(19-36)35-30(37)23-9-11-26(33)25(18-23)29(34)22-10-12-28-21(17-22)14-16-39-28/h4-12,17-18,24,27,34H,13-16,19,33H2,1-3H3,(H,35,37)/t24-,27+/m0/s1. The Labute approximate surface area is 235 Å². The van der Waals surface area contributed by atoms with E-state index in [-0.39, 0.29) is 29.7 Å². The predicted octanol–water partition coefficient (Wildman–Crippen LogP) is 5.14. The van der Waals surface area contributed by atoms with Crippen LogP contribution in [0.2, 0.25) is 0 Å². The molecule has 0 aliphatic carbocycles. The topological polar surface area (TPSA) is 118 Å². The molecule has 2 aliphatic rings. The predicted molar refractivity (Wildman–Crippen MR) is 155 cm³/mol. The van der Waals surface area contributed by atoms with Crippen LogP contribution in [0.5, 0.6) is 5.75 Å². The summed E-state index contributed by atoms with van der Waals surface area (Å²) in [5, 5.41) is 12.0. The SMILES string of the molecule is CC(C)(C)OC(=O)N1CC[C@@H](c2ccccc2)[C@H](NC(=O)c2ccc(N)c(C(=N)c3ccc4c(c3)CCO4)c2)C1. The highest BCUT2D eigenvalue weighted by Crippen LogP contribution is 2.31. The van der Waals surface area contributed by atoms with E-state index in [9.17, 15) is 9.59 Å². The number of carbonyl (C=O) groups excluding carboxylic acids is 2. The first-order chi connectivity index (χ1) is 19.1. The van der Waals surface area contributed by atoms with Crippen molar-refractivity contribution in [1.82, 2.24) is 10.2 Å². The molecular formula is C32H36N4O4. The van der Waals surface area contributed by atoms with Gasteiger partial charge in [-0.15, -0.1) is 0 Å². The molecule has 1 saturated heterocycles. The van der Waals surface area contributed by atoms with Crippen molar-refractivity contribution in [1.29, 1.82) is 5.41 Å². The van der Waals surface area contributed by atoms with Gasteiger partial charge >= 0.3 is 6.09 Å². The van der Waals surface area contributed by atoms with Gasteiger partial charge in [0.1, 0.15) is 11.4 Å². The van der Waals surface area contributed by atoms with Crippen LogP contribution in [0, 0.1) is 5.41 Å². The first-order valence-corrected chi connectivity index (χ1v) is 13.7. The lowest BCUT2D eigenvalue weighted by Gasteiger charge is -2.39. The van der Waals surface area contributed by atoms with Crippen molar-refractivity contribution in [3.05, 3.63) is 94.5 Å². The average molecular weight is 541 g/mol. The number of hydrogen-bond donors (Lipinski definition) is 3. The number of benzene rings is 3. The molecule has 2 atom stereocenters. The molecule has 4 N–H and O–H groups in total. The fourth-order valence-corrected chi connectivity index (χ4v) is 5.35. The maximum atomic E-state index is 13.6. The van der Waals surface area contributed by atoms with Gasteiger partial charge < -0.3 is 25.4 Å². The monoisotopic (exact) mass is 540 g/mol. The van der Waals surface area contributed by atoms with Crippen molar-refractivity contribution in [3.63, 3.8) is 0 Å². The van der Waals surface area contributed by atoms with Gasteiger partial charge in [-0.25, -0.2) is 4.79 Å². The Morgan fingerprint density at radius 3 is 2.55 bits per heavy atom. The Morgan fingerprint density at radius 1 is 1.05 bits per heavy atom. The highest BCUT2D eigenvalue weighted by Gasteiger charge is 2.35. The third-order valence-electron chi connectivity index (χ3n) is 7.37. The van der Waals surface area contributed by atoms with E-state index in [0.29, 0.717) is 42.9 Å². The van der Waals surface area contributed by atoms with Gasteiger partial charge in [-0.2, -0.15) is 0 Å². The van der Waals surface area contributed by atoms with Crippen molar-refractivity contribution in [3.8, 4) is 5.75 Å². The van der Waals surface area contributed by atoms with Gasteiger partial charge in [-0.05, 0) is 74.7 Å². The minimum Gasteiger partial charge on any atom is -0.493 e. The lowest BCUT2D eigenvalue weighted by Crippen LogP contribution is -2.54. The van der Waals surface area contributed by atoms with Crippen LogP contribution in [0.15, 0.2) is 66.7 Å². The molecular weight excluding hydrogens is 504 g/mol. The van der Waals surface area contributed by atoms with E-state index in [1.165, 1.54) is 0 Å². The molecule has 5 rings (SSSR count). The van der Waals surface area contributed by atoms with Crippen LogP contribution in [0.25, 0.3) is 0 Å². The van der Waals surface area contributed by atoms with E-state index in [2.05, 4.69) is 17.4 Å². The molecule has 2 heterocycles. The van der Waals surface area contributed by atoms with Gasteiger partial charge in [0, 0.05) is 47.8 Å². The molecule has 0 unspecified atom stereocenters. The van der Waals surface area contributed by atoms with E-state index in [1.54, 1.807) is 23.1 Å². The van der Waals surface area contributed by atoms with Crippen molar-refractivity contribution in [2.24, 2.45) is 0 Å². The lowest BCUT2D eigenvalue weighted by molar-refractivity contribution is 0.0169. The van der Waals surface area contributed by atoms with E-state index < -0.39 is 5.60 Å². The summed E-state index contributed by atoms with van der Waals surface area (Å²) in [4.78, 5) is 28.1. The molecule has 0 aromatic heterocycles. The fourth-order valence-electron chi connectivity index (χ4n) is 5.35. The summed E-state index contributed by atoms with van der Waals surface area (Å²) < 4.78 is 11.2. The zero-order chi connectivity index (χ0) is 28.4. The number of fused-ring (bicyclic) bond motifs is 1. The zero-order valence-corrected chi connectivity index (χ0v) is 23.2. The molecule has 0 saturated carbocycles. The second-order valence-electron chi connectivity index (χ2n) is 11.4. The Balaban J connectivity index is 1.38. The highest BCUT2D eigenvalue weighted by atomic mass is 16.6. The van der Waals surface area contributed by atoms with E-state index >= 15 is 0 Å². The van der Waals surface area contributed by atoms with E-state index in [0.717, 1.165) is 28.9 Å². The minimum atomic E-state index is -0.608. The van der Waals surface area contributed by atoms with Crippen molar-refractivity contribution >= 4 is 23.4 Å². The molecule has 0 spiro atoms. The normalized spacial score (nSPS) is 18.4. The molecule has 3 aromatic rings. The van der Waals surface area contributed by atoms with Gasteiger partial charge in [0.25, 0.3) is 5.91 Å². The van der Waals surface area contributed by atoms with Gasteiger partial charge in [0.05, 0.1) is 18.4 Å². The number of nitrogens with two attached hydrogens (primary N) is 1. The second kappa shape index (κ2) is 11.0. The Morgan fingerprint density at radius 2 is 1.80 bits per heavy atom. The van der Waals surface area contributed by atoms with Gasteiger partial charge in [-0.1, -0.05) is 30.3 Å². The molecule has 0 radical (unpaired) electrons. The number of nitrogens with one attached hydrogen (secondary N) is 2. The maximum absolute atomic E-state index is 13.6. The Hall–Kier alpha value is -4.33. The quantitative estimate of drug-likeness (QED) is 0.306. The number of rotatable bonds is 5. The van der Waals surface area contributed by atoms with E-state index in [4.69, 9.17) is 20.6 Å². The van der Waals surface area contributed by atoms with Gasteiger partial charge in [-0.3, -0.25) is 10.2 Å². The van der Waals surface area contributed by atoms with Crippen molar-refractivity contribution in [2.75, 3.05) is 25.4 Å². The number of carbonyl (C=O) groups is 2. The summed E-state index contributed by atoms with van der Waals surface area (Å²) in [5.41, 5.74) is 10.1. The van der Waals surface area contributed by atoms with Crippen LogP contribution < -0.4 is 15.8 Å². The average Bonchev–Trinajstić information content (AvgIpc) is 3.40. The number of amides is 2. The van der Waals surface area contributed by atoms with Crippen molar-refractivity contribution in [2.45, 2.75) is 51.2 Å². The minimum absolute atomic E-state index is 0.0315. The Kier molecular flexibility index (Phi) is 7.52. The fraction of sp³-hybridized carbons (Fsp3) is 0.344. The molecule has 8 nitrogen and oxygen atoms in total. The van der Waals surface area contributed by atoms with Crippen LogP contribution in [0.4, 0.5) is 10.5 Å². The first kappa shape index (κ1) is 27.2. The van der Waals surface area contributed by atoms with Crippen LogP contribution in [-0.2, 0) is 11.2 Å². The maximum Gasteiger partial charge on any atom is 0.410 e. The largest absolute Gasteiger partial charge is 0.493 e. The van der Waals surface area contributed by atoms with Crippen LogP contribution in [0.1, 0.15) is 65.7 Å². The molecule has 8 heteroatoms. The molecule has 3 aromatic carbocycles. The summed E-state index contributed by atoms with van der Waals surface area (Å²) in [6, 6.07) is 20.4. The van der Waals surface area contributed by atoms with Gasteiger partial charge in [0.15, 0.2) is 0 Å². The van der Waals surface area contributed by atoms with Crippen LogP contribution in [0.3, 0.4) is 0 Å². The summed E-state index contributed by atoms with van der Waals surface area (Å²) in [6.07, 6.45) is 1.10. The lowest BCUT2D eigenvalue weighted by atomic mass is 9.85. The van der Waals surface area contributed by atoms with Gasteiger partial charge in [0.2, 0.25) is 0 Å². The summed E-state index contributed by atoms with van der Waals surface area (Å²) in [6.45, 7) is 7.03. The summed E-state index contributed by atoms with van der Waals surface area (Å²) in [7, 11) is 0. The number of nitrogens with zero attached hydrogens (tertiary/aromatic N) is 1.